The van der Waals surface area contributed by atoms with Gasteiger partial charge in [0, 0.05) is 13.6 Å². The molecule has 0 spiro atoms. The highest BCUT2D eigenvalue weighted by Gasteiger charge is 2.23. The van der Waals surface area contributed by atoms with Crippen LogP contribution in [0.3, 0.4) is 0 Å². The van der Waals surface area contributed by atoms with Crippen molar-refractivity contribution < 1.29 is 14.7 Å². The third-order valence-electron chi connectivity index (χ3n) is 2.17. The molecule has 1 rings (SSSR count). The molecule has 1 heterocycles. The number of carboxylic acid groups (broad SMARTS) is 1. The van der Waals surface area contributed by atoms with Gasteiger partial charge in [-0.05, 0) is 6.92 Å². The Kier molecular flexibility index (Phi) is 3.82. The van der Waals surface area contributed by atoms with E-state index in [1.165, 1.54) is 11.9 Å². The molecule has 1 unspecified atom stereocenters. The number of rotatable bonds is 4. The molecule has 7 heteroatoms. The number of aromatic nitrogens is 2. The number of carbonyl (C=O) groups excluding carboxylic acids is 1. The minimum absolute atomic E-state index is 0.148. The van der Waals surface area contributed by atoms with Gasteiger partial charge in [0.2, 0.25) is 0 Å². The smallest absolute Gasteiger partial charge is 0.354 e. The van der Waals surface area contributed by atoms with Gasteiger partial charge in [-0.2, -0.15) is 5.26 Å². The first-order valence-corrected chi connectivity index (χ1v) is 4.89. The number of nitrogens with zero attached hydrogens (tertiary/aromatic N) is 3. The molecule has 0 bridgehead atoms. The maximum absolute atomic E-state index is 11.9. The van der Waals surface area contributed by atoms with Crippen LogP contribution in [-0.2, 0) is 0 Å². The van der Waals surface area contributed by atoms with E-state index in [0.717, 1.165) is 6.33 Å². The Morgan fingerprint density at radius 3 is 2.88 bits per heavy atom. The summed E-state index contributed by atoms with van der Waals surface area (Å²) in [5, 5.41) is 17.5. The molecule has 1 aromatic heterocycles. The molecule has 0 saturated heterocycles. The Labute approximate surface area is 97.7 Å². The fourth-order valence-electron chi connectivity index (χ4n) is 1.33. The van der Waals surface area contributed by atoms with Crippen molar-refractivity contribution >= 4 is 11.9 Å². The lowest BCUT2D eigenvalue weighted by atomic mass is 10.2. The molecule has 0 aromatic carbocycles. The van der Waals surface area contributed by atoms with Gasteiger partial charge in [-0.1, -0.05) is 0 Å². The summed E-state index contributed by atoms with van der Waals surface area (Å²) in [5.41, 5.74) is -0.392. The first kappa shape index (κ1) is 12.7. The highest BCUT2D eigenvalue weighted by molar-refractivity contribution is 6.02. The summed E-state index contributed by atoms with van der Waals surface area (Å²) in [6, 6.07) is 1.99. The van der Waals surface area contributed by atoms with Crippen molar-refractivity contribution in [1.82, 2.24) is 14.9 Å². The van der Waals surface area contributed by atoms with E-state index in [0.29, 0.717) is 0 Å². The second-order valence-electron chi connectivity index (χ2n) is 3.65. The fraction of sp³-hybridized carbons (Fsp3) is 0.400. The number of H-pyrrole nitrogens is 1. The van der Waals surface area contributed by atoms with Crippen LogP contribution in [0.1, 0.15) is 27.9 Å². The molecule has 90 valence electrons. The molecule has 7 nitrogen and oxygen atoms in total. The highest BCUT2D eigenvalue weighted by atomic mass is 16.4. The van der Waals surface area contributed by atoms with E-state index in [-0.39, 0.29) is 23.9 Å². The van der Waals surface area contributed by atoms with E-state index in [4.69, 9.17) is 10.4 Å². The van der Waals surface area contributed by atoms with Crippen molar-refractivity contribution in [2.24, 2.45) is 5.92 Å². The maximum Gasteiger partial charge on any atom is 0.354 e. The van der Waals surface area contributed by atoms with Gasteiger partial charge in [-0.25, -0.2) is 9.78 Å². The maximum atomic E-state index is 11.9. The first-order chi connectivity index (χ1) is 7.97. The van der Waals surface area contributed by atoms with Gasteiger partial charge in [-0.15, -0.1) is 0 Å². The summed E-state index contributed by atoms with van der Waals surface area (Å²) in [6.07, 6.45) is 1.15. The molecular formula is C10H12N4O3. The first-order valence-electron chi connectivity index (χ1n) is 4.89. The molecule has 1 atom stereocenters. The Morgan fingerprint density at radius 2 is 2.35 bits per heavy atom. The summed E-state index contributed by atoms with van der Waals surface area (Å²) in [5.74, 6) is -2.09. The SMILES string of the molecule is CC(C#N)CN(C)C(=O)c1nc[nH]c1C(=O)O. The number of nitrogens with one attached hydrogen (secondary N) is 1. The van der Waals surface area contributed by atoms with Gasteiger partial charge >= 0.3 is 5.97 Å². The predicted molar refractivity (Wildman–Crippen MR) is 57.3 cm³/mol. The predicted octanol–water partition coefficient (Wildman–Crippen LogP) is 0.340. The van der Waals surface area contributed by atoms with E-state index in [9.17, 15) is 9.59 Å². The zero-order valence-corrected chi connectivity index (χ0v) is 9.47. The topological polar surface area (TPSA) is 110 Å². The van der Waals surface area contributed by atoms with Crippen LogP contribution in [0.2, 0.25) is 0 Å². The summed E-state index contributed by atoms with van der Waals surface area (Å²) in [7, 11) is 1.50. The number of hydrogen-bond acceptors (Lipinski definition) is 4. The van der Waals surface area contributed by atoms with Crippen molar-refractivity contribution in [2.75, 3.05) is 13.6 Å². The van der Waals surface area contributed by atoms with Gasteiger partial charge in [0.15, 0.2) is 11.4 Å². The number of hydrogen-bond donors (Lipinski definition) is 2. The number of amides is 1. The molecule has 0 aliphatic heterocycles. The number of aromatic carboxylic acids is 1. The third kappa shape index (κ3) is 2.81. The molecule has 0 aliphatic rings. The van der Waals surface area contributed by atoms with Crippen LogP contribution >= 0.6 is 0 Å². The molecule has 0 fully saturated rings. The van der Waals surface area contributed by atoms with E-state index in [1.807, 2.05) is 6.07 Å². The Hall–Kier alpha value is -2.36. The van der Waals surface area contributed by atoms with Crippen LogP contribution in [-0.4, -0.2) is 45.4 Å². The van der Waals surface area contributed by atoms with E-state index < -0.39 is 11.9 Å². The van der Waals surface area contributed by atoms with Gasteiger partial charge in [0.05, 0.1) is 18.3 Å². The quantitative estimate of drug-likeness (QED) is 0.783. The van der Waals surface area contributed by atoms with Gasteiger partial charge in [0.1, 0.15) is 0 Å². The number of nitriles is 1. The average molecular weight is 236 g/mol. The van der Waals surface area contributed by atoms with Crippen LogP contribution in [0, 0.1) is 17.2 Å². The highest BCUT2D eigenvalue weighted by Crippen LogP contribution is 2.07. The third-order valence-corrected chi connectivity index (χ3v) is 2.17. The monoisotopic (exact) mass is 236 g/mol. The van der Waals surface area contributed by atoms with Crippen molar-refractivity contribution in [3.8, 4) is 6.07 Å². The van der Waals surface area contributed by atoms with Crippen molar-refractivity contribution in [1.29, 1.82) is 5.26 Å². The normalized spacial score (nSPS) is 11.6. The molecule has 0 saturated carbocycles. The molecule has 0 aliphatic carbocycles. The van der Waals surface area contributed by atoms with E-state index in [2.05, 4.69) is 9.97 Å². The van der Waals surface area contributed by atoms with Crippen LogP contribution in [0.15, 0.2) is 6.33 Å². The van der Waals surface area contributed by atoms with Gasteiger partial charge in [0.25, 0.3) is 5.91 Å². The van der Waals surface area contributed by atoms with Crippen LogP contribution < -0.4 is 0 Å². The zero-order chi connectivity index (χ0) is 13.0. The second-order valence-corrected chi connectivity index (χ2v) is 3.65. The number of imidazole rings is 1. The van der Waals surface area contributed by atoms with Crippen LogP contribution in [0.4, 0.5) is 0 Å². The lowest BCUT2D eigenvalue weighted by Gasteiger charge is -2.17. The lowest BCUT2D eigenvalue weighted by molar-refractivity contribution is 0.0674. The van der Waals surface area contributed by atoms with Crippen molar-refractivity contribution in [3.63, 3.8) is 0 Å². The largest absolute Gasteiger partial charge is 0.477 e. The fourth-order valence-corrected chi connectivity index (χ4v) is 1.33. The Morgan fingerprint density at radius 1 is 1.71 bits per heavy atom. The summed E-state index contributed by atoms with van der Waals surface area (Å²) in [4.78, 5) is 30.0. The Bertz CT molecular complexity index is 474. The molecule has 2 N–H and O–H groups in total. The number of carboxylic acids is 1. The summed E-state index contributed by atoms with van der Waals surface area (Å²) < 4.78 is 0. The molecule has 1 amide bonds. The van der Waals surface area contributed by atoms with Crippen molar-refractivity contribution in [3.05, 3.63) is 17.7 Å². The standard InChI is InChI=1S/C10H12N4O3/c1-6(3-11)4-14(2)9(15)7-8(10(16)17)13-5-12-7/h5-6H,4H2,1-2H3,(H,12,13)(H,16,17). The summed E-state index contributed by atoms with van der Waals surface area (Å²) >= 11 is 0. The van der Waals surface area contributed by atoms with Gasteiger partial charge < -0.3 is 15.0 Å². The second kappa shape index (κ2) is 5.12. The van der Waals surface area contributed by atoms with Crippen molar-refractivity contribution in [2.45, 2.75) is 6.92 Å². The minimum Gasteiger partial charge on any atom is -0.477 e. The molecule has 1 aromatic rings. The van der Waals surface area contributed by atoms with Crippen LogP contribution in [0.25, 0.3) is 0 Å². The molecule has 0 radical (unpaired) electrons. The number of carbonyl (C=O) groups is 2. The van der Waals surface area contributed by atoms with E-state index >= 15 is 0 Å². The van der Waals surface area contributed by atoms with Crippen LogP contribution in [0.5, 0.6) is 0 Å². The molecule has 17 heavy (non-hydrogen) atoms. The zero-order valence-electron chi connectivity index (χ0n) is 9.47. The van der Waals surface area contributed by atoms with E-state index in [1.54, 1.807) is 6.92 Å². The molecular weight excluding hydrogens is 224 g/mol. The summed E-state index contributed by atoms with van der Waals surface area (Å²) in [6.45, 7) is 1.90. The van der Waals surface area contributed by atoms with Gasteiger partial charge in [-0.3, -0.25) is 4.79 Å². The minimum atomic E-state index is -1.24. The number of aromatic amines is 1. The lowest BCUT2D eigenvalue weighted by Crippen LogP contribution is -2.32. The Balaban J connectivity index is 2.86. The average Bonchev–Trinajstić information content (AvgIpc) is 2.76.